The molecule has 1 saturated heterocycles. The third-order valence-corrected chi connectivity index (χ3v) is 2.50. The number of aromatic nitrogens is 1. The third-order valence-electron chi connectivity index (χ3n) is 2.50. The first-order valence-electron chi connectivity index (χ1n) is 5.36. The van der Waals surface area contributed by atoms with Gasteiger partial charge in [0.25, 0.3) is 5.91 Å². The lowest BCUT2D eigenvalue weighted by molar-refractivity contribution is -0.135. The molecule has 0 atom stereocenters. The van der Waals surface area contributed by atoms with Crippen LogP contribution in [0.4, 0.5) is 5.82 Å². The molecule has 1 aliphatic rings. The van der Waals surface area contributed by atoms with Gasteiger partial charge in [0, 0.05) is 18.8 Å². The summed E-state index contributed by atoms with van der Waals surface area (Å²) in [7, 11) is 1.69. The Morgan fingerprint density at radius 1 is 1.39 bits per heavy atom. The summed E-state index contributed by atoms with van der Waals surface area (Å²) in [5, 5.41) is 4.96. The molecule has 1 fully saturated rings. The fraction of sp³-hybridized carbons (Fsp3) is 0.273. The van der Waals surface area contributed by atoms with Crippen molar-refractivity contribution in [3.63, 3.8) is 0 Å². The summed E-state index contributed by atoms with van der Waals surface area (Å²) in [6, 6.07) is 3.11. The minimum atomic E-state index is -0.470. The van der Waals surface area contributed by atoms with Crippen molar-refractivity contribution in [1.29, 1.82) is 0 Å². The second-order valence-corrected chi connectivity index (χ2v) is 3.81. The van der Waals surface area contributed by atoms with Gasteiger partial charge in [0.2, 0.25) is 11.8 Å². The first kappa shape index (κ1) is 12.0. The lowest BCUT2D eigenvalue weighted by Gasteiger charge is -2.25. The van der Waals surface area contributed by atoms with Crippen molar-refractivity contribution in [2.24, 2.45) is 0 Å². The van der Waals surface area contributed by atoms with E-state index in [0.717, 1.165) is 0 Å². The van der Waals surface area contributed by atoms with Crippen molar-refractivity contribution in [2.75, 3.05) is 25.5 Å². The number of carbonyl (C=O) groups is 3. The van der Waals surface area contributed by atoms with Crippen molar-refractivity contribution < 1.29 is 14.4 Å². The maximum absolute atomic E-state index is 12.1. The van der Waals surface area contributed by atoms with E-state index in [-0.39, 0.29) is 19.0 Å². The van der Waals surface area contributed by atoms with Crippen LogP contribution in [-0.4, -0.2) is 47.7 Å². The topological polar surface area (TPSA) is 91.4 Å². The van der Waals surface area contributed by atoms with Gasteiger partial charge in [-0.15, -0.1) is 0 Å². The highest BCUT2D eigenvalue weighted by atomic mass is 16.2. The molecule has 2 heterocycles. The Morgan fingerprint density at radius 2 is 2.06 bits per heavy atom. The lowest BCUT2D eigenvalue weighted by atomic mass is 10.2. The molecule has 0 aliphatic carbocycles. The standard InChI is InChI=1S/C11H12N4O3/c1-12-8-4-7(2-3-13-8)11(18)15-5-9(16)14-10(17)6-15/h2-4H,5-6H2,1H3,(H,12,13)(H,14,16,17). The molecular weight excluding hydrogens is 236 g/mol. The highest BCUT2D eigenvalue weighted by molar-refractivity contribution is 6.05. The monoisotopic (exact) mass is 248 g/mol. The fourth-order valence-electron chi connectivity index (χ4n) is 1.66. The van der Waals surface area contributed by atoms with Crippen LogP contribution >= 0.6 is 0 Å². The number of amides is 3. The number of rotatable bonds is 2. The summed E-state index contributed by atoms with van der Waals surface area (Å²) in [4.78, 5) is 39.7. The van der Waals surface area contributed by atoms with Crippen LogP contribution in [0, 0.1) is 0 Å². The zero-order chi connectivity index (χ0) is 13.1. The second kappa shape index (κ2) is 4.82. The Hall–Kier alpha value is -2.44. The molecule has 94 valence electrons. The highest BCUT2D eigenvalue weighted by Crippen LogP contribution is 2.10. The van der Waals surface area contributed by atoms with Gasteiger partial charge in [-0.25, -0.2) is 4.98 Å². The Balaban J connectivity index is 2.19. The molecule has 0 unspecified atom stereocenters. The number of imide groups is 1. The van der Waals surface area contributed by atoms with E-state index in [4.69, 9.17) is 0 Å². The summed E-state index contributed by atoms with van der Waals surface area (Å²) < 4.78 is 0. The quantitative estimate of drug-likeness (QED) is 0.670. The van der Waals surface area contributed by atoms with Gasteiger partial charge in [-0.3, -0.25) is 19.7 Å². The SMILES string of the molecule is CNc1cc(C(=O)N2CC(=O)NC(=O)C2)ccn1. The molecular formula is C11H12N4O3. The van der Waals surface area contributed by atoms with Gasteiger partial charge in [0.05, 0.1) is 0 Å². The van der Waals surface area contributed by atoms with Crippen molar-refractivity contribution >= 4 is 23.5 Å². The van der Waals surface area contributed by atoms with Crippen molar-refractivity contribution in [3.8, 4) is 0 Å². The summed E-state index contributed by atoms with van der Waals surface area (Å²) in [6.07, 6.45) is 1.49. The second-order valence-electron chi connectivity index (χ2n) is 3.81. The van der Waals surface area contributed by atoms with E-state index in [9.17, 15) is 14.4 Å². The zero-order valence-corrected chi connectivity index (χ0v) is 9.77. The summed E-state index contributed by atoms with van der Waals surface area (Å²) in [5.74, 6) is -0.754. The van der Waals surface area contributed by atoms with E-state index in [1.54, 1.807) is 19.2 Å². The van der Waals surface area contributed by atoms with Gasteiger partial charge in [0.1, 0.15) is 18.9 Å². The van der Waals surface area contributed by atoms with E-state index in [2.05, 4.69) is 15.6 Å². The highest BCUT2D eigenvalue weighted by Gasteiger charge is 2.27. The summed E-state index contributed by atoms with van der Waals surface area (Å²) in [6.45, 7) is -0.219. The molecule has 7 heteroatoms. The summed E-state index contributed by atoms with van der Waals surface area (Å²) in [5.41, 5.74) is 0.386. The van der Waals surface area contributed by atoms with Gasteiger partial charge in [-0.05, 0) is 12.1 Å². The molecule has 1 aromatic rings. The van der Waals surface area contributed by atoms with Crippen LogP contribution < -0.4 is 10.6 Å². The fourth-order valence-corrected chi connectivity index (χ4v) is 1.66. The number of hydrogen-bond acceptors (Lipinski definition) is 5. The Labute approximate surface area is 103 Å². The predicted molar refractivity (Wildman–Crippen MR) is 62.8 cm³/mol. The van der Waals surface area contributed by atoms with E-state index < -0.39 is 11.8 Å². The van der Waals surface area contributed by atoms with Gasteiger partial charge in [-0.2, -0.15) is 0 Å². The zero-order valence-electron chi connectivity index (χ0n) is 9.77. The molecule has 0 bridgehead atoms. The van der Waals surface area contributed by atoms with Crippen molar-refractivity contribution in [3.05, 3.63) is 23.9 Å². The predicted octanol–water partition coefficient (Wildman–Crippen LogP) is -0.778. The molecule has 2 N–H and O–H groups in total. The van der Waals surface area contributed by atoms with E-state index in [1.807, 2.05) is 0 Å². The van der Waals surface area contributed by atoms with E-state index in [1.165, 1.54) is 11.1 Å². The summed E-state index contributed by atoms with van der Waals surface area (Å²) >= 11 is 0. The average Bonchev–Trinajstić information content (AvgIpc) is 2.37. The number of piperazine rings is 1. The minimum absolute atomic E-state index is 0.109. The van der Waals surface area contributed by atoms with E-state index in [0.29, 0.717) is 11.4 Å². The molecule has 3 amide bonds. The van der Waals surface area contributed by atoms with Crippen LogP contribution in [0.1, 0.15) is 10.4 Å². The minimum Gasteiger partial charge on any atom is -0.373 e. The first-order valence-corrected chi connectivity index (χ1v) is 5.36. The number of nitrogens with one attached hydrogen (secondary N) is 2. The van der Waals surface area contributed by atoms with Crippen LogP contribution in [0.25, 0.3) is 0 Å². The van der Waals surface area contributed by atoms with Gasteiger partial charge in [-0.1, -0.05) is 0 Å². The average molecular weight is 248 g/mol. The Kier molecular flexibility index (Phi) is 3.22. The van der Waals surface area contributed by atoms with Crippen molar-refractivity contribution in [2.45, 2.75) is 0 Å². The number of hydrogen-bond donors (Lipinski definition) is 2. The van der Waals surface area contributed by atoms with Crippen molar-refractivity contribution in [1.82, 2.24) is 15.2 Å². The molecule has 1 aromatic heterocycles. The van der Waals surface area contributed by atoms with Crippen LogP contribution in [0.15, 0.2) is 18.3 Å². The van der Waals surface area contributed by atoms with Gasteiger partial charge < -0.3 is 10.2 Å². The molecule has 0 spiro atoms. The van der Waals surface area contributed by atoms with E-state index >= 15 is 0 Å². The van der Waals surface area contributed by atoms with Crippen LogP contribution in [-0.2, 0) is 9.59 Å². The Morgan fingerprint density at radius 3 is 2.67 bits per heavy atom. The van der Waals surface area contributed by atoms with Crippen LogP contribution in [0.5, 0.6) is 0 Å². The Bertz CT molecular complexity index is 499. The van der Waals surface area contributed by atoms with Crippen LogP contribution in [0.2, 0.25) is 0 Å². The van der Waals surface area contributed by atoms with Crippen LogP contribution in [0.3, 0.4) is 0 Å². The molecule has 1 aliphatic heterocycles. The molecule has 0 aromatic carbocycles. The molecule has 0 radical (unpaired) electrons. The first-order chi connectivity index (χ1) is 8.60. The number of anilines is 1. The number of pyridine rings is 1. The van der Waals surface area contributed by atoms with Gasteiger partial charge >= 0.3 is 0 Å². The maximum Gasteiger partial charge on any atom is 0.254 e. The normalized spacial score (nSPS) is 15.3. The van der Waals surface area contributed by atoms with Gasteiger partial charge in [0.15, 0.2) is 0 Å². The smallest absolute Gasteiger partial charge is 0.254 e. The maximum atomic E-state index is 12.1. The number of carbonyl (C=O) groups excluding carboxylic acids is 3. The molecule has 2 rings (SSSR count). The largest absolute Gasteiger partial charge is 0.373 e. The lowest BCUT2D eigenvalue weighted by Crippen LogP contribution is -2.53. The molecule has 0 saturated carbocycles. The third kappa shape index (κ3) is 2.45. The molecule has 18 heavy (non-hydrogen) atoms. The molecule has 7 nitrogen and oxygen atoms in total. The number of nitrogens with zero attached hydrogens (tertiary/aromatic N) is 2.